The minimum Gasteiger partial charge on any atom is -0.360 e. The van der Waals surface area contributed by atoms with Gasteiger partial charge < -0.3 is 15.3 Å². The standard InChI is InChI=1S/C39H29F2N5O/c1-3-23-6-4-7-26-29(19-43-38(23)26)33-14-12-24-11-10-22(16-35(24)46-33)18-44-39(47)27-8-5-9-32-25(27)13-15-34(45-32)30-20-42-37-21(2)36(41)31(40)17-28(30)37/h4-17,19-20,42-43H,3,18H2,1-2H3,(H,44,47). The lowest BCUT2D eigenvalue weighted by Crippen LogP contribution is -2.23. The fourth-order valence-corrected chi connectivity index (χ4v) is 6.51. The van der Waals surface area contributed by atoms with E-state index in [2.05, 4.69) is 46.5 Å². The van der Waals surface area contributed by atoms with Crippen LogP contribution in [0.15, 0.2) is 97.3 Å². The molecule has 4 aromatic heterocycles. The van der Waals surface area contributed by atoms with Gasteiger partial charge in [0.25, 0.3) is 5.91 Å². The van der Waals surface area contributed by atoms with Crippen LogP contribution in [0.1, 0.15) is 34.0 Å². The molecule has 0 spiro atoms. The van der Waals surface area contributed by atoms with Gasteiger partial charge in [-0.05, 0) is 66.9 Å². The largest absolute Gasteiger partial charge is 0.360 e. The molecule has 6 nitrogen and oxygen atoms in total. The Hall–Kier alpha value is -5.89. The Kier molecular flexibility index (Phi) is 6.79. The zero-order valence-electron chi connectivity index (χ0n) is 25.7. The molecule has 0 radical (unpaired) electrons. The first-order valence-electron chi connectivity index (χ1n) is 15.5. The van der Waals surface area contributed by atoms with Gasteiger partial charge in [0, 0.05) is 68.3 Å². The maximum Gasteiger partial charge on any atom is 0.252 e. The van der Waals surface area contributed by atoms with E-state index in [9.17, 15) is 13.6 Å². The Balaban J connectivity index is 1.05. The molecule has 0 aliphatic rings. The molecule has 0 saturated heterocycles. The van der Waals surface area contributed by atoms with Gasteiger partial charge in [0.15, 0.2) is 11.6 Å². The minimum atomic E-state index is -0.905. The van der Waals surface area contributed by atoms with Gasteiger partial charge in [0.05, 0.1) is 27.9 Å². The van der Waals surface area contributed by atoms with E-state index >= 15 is 0 Å². The molecule has 0 aliphatic heterocycles. The number of aryl methyl sites for hydroxylation is 2. The Morgan fingerprint density at radius 1 is 0.766 bits per heavy atom. The van der Waals surface area contributed by atoms with Gasteiger partial charge in [-0.15, -0.1) is 0 Å². The number of para-hydroxylation sites is 1. The van der Waals surface area contributed by atoms with Crippen LogP contribution in [-0.4, -0.2) is 25.8 Å². The van der Waals surface area contributed by atoms with Crippen LogP contribution in [0.5, 0.6) is 0 Å². The summed E-state index contributed by atoms with van der Waals surface area (Å²) in [6.07, 6.45) is 4.67. The summed E-state index contributed by atoms with van der Waals surface area (Å²) in [5.41, 5.74) is 9.25. The monoisotopic (exact) mass is 621 g/mol. The number of hydrogen-bond acceptors (Lipinski definition) is 3. The zero-order chi connectivity index (χ0) is 32.2. The molecule has 8 aromatic rings. The van der Waals surface area contributed by atoms with Crippen molar-refractivity contribution in [3.05, 3.63) is 131 Å². The first-order chi connectivity index (χ1) is 22.9. The fraction of sp³-hybridized carbons (Fsp3) is 0.103. The Labute approximate surface area is 268 Å². The molecule has 8 heteroatoms. The first-order valence-corrected chi connectivity index (χ1v) is 15.5. The normalized spacial score (nSPS) is 11.7. The van der Waals surface area contributed by atoms with E-state index in [1.807, 2.05) is 42.6 Å². The van der Waals surface area contributed by atoms with Gasteiger partial charge in [0.2, 0.25) is 0 Å². The molecule has 4 heterocycles. The minimum absolute atomic E-state index is 0.216. The number of aromatic nitrogens is 4. The number of pyridine rings is 2. The van der Waals surface area contributed by atoms with Crippen LogP contribution >= 0.6 is 0 Å². The summed E-state index contributed by atoms with van der Waals surface area (Å²) in [6.45, 7) is 4.02. The highest BCUT2D eigenvalue weighted by molar-refractivity contribution is 6.07. The molecule has 8 rings (SSSR count). The van der Waals surface area contributed by atoms with Crippen molar-refractivity contribution in [1.82, 2.24) is 25.3 Å². The van der Waals surface area contributed by atoms with Crippen molar-refractivity contribution < 1.29 is 13.6 Å². The molecule has 230 valence electrons. The summed E-state index contributed by atoms with van der Waals surface area (Å²) < 4.78 is 28.4. The van der Waals surface area contributed by atoms with E-state index in [1.165, 1.54) is 18.6 Å². The van der Waals surface area contributed by atoms with E-state index in [-0.39, 0.29) is 11.5 Å². The number of hydrogen-bond donors (Lipinski definition) is 3. The highest BCUT2D eigenvalue weighted by atomic mass is 19.2. The summed E-state index contributed by atoms with van der Waals surface area (Å²) in [7, 11) is 0. The number of nitrogens with one attached hydrogen (secondary N) is 3. The van der Waals surface area contributed by atoms with Crippen LogP contribution in [-0.2, 0) is 13.0 Å². The average molecular weight is 622 g/mol. The van der Waals surface area contributed by atoms with Gasteiger partial charge in [-0.3, -0.25) is 4.79 Å². The van der Waals surface area contributed by atoms with Crippen molar-refractivity contribution in [3.8, 4) is 22.5 Å². The van der Waals surface area contributed by atoms with Crippen molar-refractivity contribution in [2.45, 2.75) is 26.8 Å². The molecule has 0 aliphatic carbocycles. The van der Waals surface area contributed by atoms with Gasteiger partial charge in [-0.25, -0.2) is 18.7 Å². The molecule has 0 saturated carbocycles. The lowest BCUT2D eigenvalue weighted by Gasteiger charge is -2.10. The topological polar surface area (TPSA) is 86.5 Å². The highest BCUT2D eigenvalue weighted by Gasteiger charge is 2.17. The van der Waals surface area contributed by atoms with Crippen molar-refractivity contribution in [2.75, 3.05) is 0 Å². The number of benzene rings is 4. The first kappa shape index (κ1) is 28.6. The average Bonchev–Trinajstić information content (AvgIpc) is 3.73. The molecule has 1 amide bonds. The molecular weight excluding hydrogens is 592 g/mol. The Bertz CT molecular complexity index is 2530. The number of halogens is 2. The van der Waals surface area contributed by atoms with E-state index < -0.39 is 11.6 Å². The number of rotatable bonds is 6. The SMILES string of the molecule is CCc1cccc2c(-c3ccc4ccc(CNC(=O)c5cccc6nc(-c7c[nH]c8c(C)c(F)c(F)cc78)ccc56)cc4n3)c[nH]c12. The number of aromatic amines is 2. The molecule has 4 aromatic carbocycles. The molecule has 3 N–H and O–H groups in total. The van der Waals surface area contributed by atoms with Crippen LogP contribution in [0.3, 0.4) is 0 Å². The van der Waals surface area contributed by atoms with Gasteiger partial charge in [0.1, 0.15) is 0 Å². The van der Waals surface area contributed by atoms with E-state index in [0.717, 1.165) is 45.0 Å². The lowest BCUT2D eigenvalue weighted by molar-refractivity contribution is 0.0952. The van der Waals surface area contributed by atoms with Crippen LogP contribution in [0.4, 0.5) is 8.78 Å². The predicted octanol–water partition coefficient (Wildman–Crippen LogP) is 9.16. The maximum absolute atomic E-state index is 14.2. The van der Waals surface area contributed by atoms with Crippen LogP contribution in [0, 0.1) is 18.6 Å². The molecule has 0 bridgehead atoms. The molecule has 0 unspecified atom stereocenters. The second-order valence-electron chi connectivity index (χ2n) is 11.8. The maximum atomic E-state index is 14.2. The van der Waals surface area contributed by atoms with E-state index in [0.29, 0.717) is 45.2 Å². The van der Waals surface area contributed by atoms with Gasteiger partial charge in [-0.1, -0.05) is 49.4 Å². The zero-order valence-corrected chi connectivity index (χ0v) is 25.7. The number of carbonyl (C=O) groups excluding carboxylic acids is 1. The Morgan fingerprint density at radius 3 is 2.32 bits per heavy atom. The van der Waals surface area contributed by atoms with Crippen molar-refractivity contribution in [1.29, 1.82) is 0 Å². The van der Waals surface area contributed by atoms with Crippen molar-refractivity contribution in [3.63, 3.8) is 0 Å². The number of nitrogens with zero attached hydrogens (tertiary/aromatic N) is 2. The summed E-state index contributed by atoms with van der Waals surface area (Å²) in [4.78, 5) is 29.7. The second kappa shape index (κ2) is 11.2. The fourth-order valence-electron chi connectivity index (χ4n) is 6.51. The van der Waals surface area contributed by atoms with Crippen molar-refractivity contribution in [2.24, 2.45) is 0 Å². The number of H-pyrrole nitrogens is 2. The number of carbonyl (C=O) groups is 1. The number of fused-ring (bicyclic) bond motifs is 4. The lowest BCUT2D eigenvalue weighted by atomic mass is 10.0. The van der Waals surface area contributed by atoms with Gasteiger partial charge in [-0.2, -0.15) is 0 Å². The summed E-state index contributed by atoms with van der Waals surface area (Å²) in [5, 5.41) is 6.46. The van der Waals surface area contributed by atoms with E-state index in [1.54, 1.807) is 24.4 Å². The third-order valence-corrected chi connectivity index (χ3v) is 9.03. The molecular formula is C39H29F2N5O. The molecule has 0 fully saturated rings. The molecule has 0 atom stereocenters. The second-order valence-corrected chi connectivity index (χ2v) is 11.8. The third-order valence-electron chi connectivity index (χ3n) is 9.03. The summed E-state index contributed by atoms with van der Waals surface area (Å²) in [6, 6.07) is 26.7. The smallest absolute Gasteiger partial charge is 0.252 e. The van der Waals surface area contributed by atoms with Crippen LogP contribution in [0.2, 0.25) is 0 Å². The van der Waals surface area contributed by atoms with Gasteiger partial charge >= 0.3 is 0 Å². The highest BCUT2D eigenvalue weighted by Crippen LogP contribution is 2.33. The predicted molar refractivity (Wildman–Crippen MR) is 183 cm³/mol. The number of amides is 1. The van der Waals surface area contributed by atoms with Crippen LogP contribution in [0.25, 0.3) is 66.1 Å². The quantitative estimate of drug-likeness (QED) is 0.173. The third kappa shape index (κ3) is 4.80. The Morgan fingerprint density at radius 2 is 1.49 bits per heavy atom. The summed E-state index contributed by atoms with van der Waals surface area (Å²) >= 11 is 0. The summed E-state index contributed by atoms with van der Waals surface area (Å²) in [5.74, 6) is -2.00. The molecule has 47 heavy (non-hydrogen) atoms. The van der Waals surface area contributed by atoms with Crippen molar-refractivity contribution >= 4 is 49.5 Å². The van der Waals surface area contributed by atoms with E-state index in [4.69, 9.17) is 9.97 Å². The van der Waals surface area contributed by atoms with Crippen LogP contribution < -0.4 is 5.32 Å².